The Morgan fingerprint density at radius 1 is 1.18 bits per heavy atom. The first-order chi connectivity index (χ1) is 10.4. The third-order valence-electron chi connectivity index (χ3n) is 3.48. The van der Waals surface area contributed by atoms with Crippen LogP contribution in [0.1, 0.15) is 54.3 Å². The van der Waals surface area contributed by atoms with Crippen molar-refractivity contribution in [3.05, 3.63) is 53.5 Å². The number of anilines is 1. The maximum atomic E-state index is 12.3. The largest absolute Gasteiger partial charge is 0.481 e. The van der Waals surface area contributed by atoms with Crippen molar-refractivity contribution in [2.75, 3.05) is 5.32 Å². The van der Waals surface area contributed by atoms with Crippen LogP contribution in [0.15, 0.2) is 41.0 Å². The molecule has 0 bridgehead atoms. The van der Waals surface area contributed by atoms with Crippen molar-refractivity contribution in [1.82, 2.24) is 0 Å². The fraction of sp³-hybridized carbons (Fsp3) is 0.294. The average molecular weight is 301 g/mol. The van der Waals surface area contributed by atoms with E-state index in [9.17, 15) is 9.59 Å². The van der Waals surface area contributed by atoms with Crippen molar-refractivity contribution in [3.8, 4) is 0 Å². The summed E-state index contributed by atoms with van der Waals surface area (Å²) in [6.45, 7) is 5.51. The predicted molar refractivity (Wildman–Crippen MR) is 83.2 cm³/mol. The summed E-state index contributed by atoms with van der Waals surface area (Å²) in [6.07, 6.45) is 1.49. The monoisotopic (exact) mass is 301 g/mol. The van der Waals surface area contributed by atoms with Gasteiger partial charge in [-0.2, -0.15) is 0 Å². The number of carbonyl (C=O) groups excluding carboxylic acids is 1. The van der Waals surface area contributed by atoms with Gasteiger partial charge in [0.25, 0.3) is 5.91 Å². The lowest BCUT2D eigenvalue weighted by molar-refractivity contribution is -0.138. The number of amides is 1. The molecule has 1 unspecified atom stereocenters. The highest BCUT2D eigenvalue weighted by atomic mass is 16.4. The van der Waals surface area contributed by atoms with E-state index < -0.39 is 11.9 Å². The molecule has 1 atom stereocenters. The second-order valence-corrected chi connectivity index (χ2v) is 5.49. The summed E-state index contributed by atoms with van der Waals surface area (Å²) in [4.78, 5) is 23.4. The number of furan rings is 1. The summed E-state index contributed by atoms with van der Waals surface area (Å²) < 4.78 is 5.34. The summed E-state index contributed by atoms with van der Waals surface area (Å²) in [5.41, 5.74) is 1.69. The molecule has 1 aromatic carbocycles. The molecule has 0 fully saturated rings. The number of carbonyl (C=O) groups is 2. The summed E-state index contributed by atoms with van der Waals surface area (Å²) in [5, 5.41) is 11.8. The Labute approximate surface area is 129 Å². The van der Waals surface area contributed by atoms with E-state index in [-0.39, 0.29) is 11.8 Å². The van der Waals surface area contributed by atoms with Crippen LogP contribution in [0.5, 0.6) is 0 Å². The zero-order chi connectivity index (χ0) is 16.3. The Balaban J connectivity index is 2.20. The first-order valence-corrected chi connectivity index (χ1v) is 7.11. The van der Waals surface area contributed by atoms with Gasteiger partial charge in [-0.05, 0) is 30.7 Å². The minimum Gasteiger partial charge on any atom is -0.481 e. The summed E-state index contributed by atoms with van der Waals surface area (Å²) in [7, 11) is 0. The predicted octanol–water partition coefficient (Wildman–Crippen LogP) is 3.84. The number of rotatable bonds is 5. The number of aliphatic carboxylic acids is 1. The molecule has 2 aromatic rings. The number of nitrogens with one attached hydrogen (secondary N) is 1. The molecule has 1 aromatic heterocycles. The van der Waals surface area contributed by atoms with Crippen molar-refractivity contribution in [1.29, 1.82) is 0 Å². The van der Waals surface area contributed by atoms with E-state index in [1.807, 2.05) is 13.8 Å². The van der Waals surface area contributed by atoms with Gasteiger partial charge in [0, 0.05) is 11.6 Å². The van der Waals surface area contributed by atoms with Crippen LogP contribution in [0.3, 0.4) is 0 Å². The van der Waals surface area contributed by atoms with Crippen LogP contribution in [-0.4, -0.2) is 17.0 Å². The lowest BCUT2D eigenvalue weighted by atomic mass is 10.0. The molecular formula is C17H19NO4. The van der Waals surface area contributed by atoms with Gasteiger partial charge in [0.05, 0.1) is 17.7 Å². The number of hydrogen-bond donors (Lipinski definition) is 2. The van der Waals surface area contributed by atoms with Crippen LogP contribution in [0.2, 0.25) is 0 Å². The molecule has 1 heterocycles. The quantitative estimate of drug-likeness (QED) is 0.879. The Kier molecular flexibility index (Phi) is 4.65. The molecule has 0 aliphatic rings. The molecule has 22 heavy (non-hydrogen) atoms. The third-order valence-corrected chi connectivity index (χ3v) is 3.48. The van der Waals surface area contributed by atoms with E-state index in [0.717, 1.165) is 0 Å². The molecular weight excluding hydrogens is 282 g/mol. The van der Waals surface area contributed by atoms with Gasteiger partial charge in [-0.1, -0.05) is 26.0 Å². The summed E-state index contributed by atoms with van der Waals surface area (Å²) in [5.74, 6) is -1.06. The molecule has 5 nitrogen and oxygen atoms in total. The highest BCUT2D eigenvalue weighted by Crippen LogP contribution is 2.23. The van der Waals surface area contributed by atoms with Crippen LogP contribution in [0, 0.1) is 0 Å². The Morgan fingerprint density at radius 3 is 2.55 bits per heavy atom. The minimum atomic E-state index is -0.902. The Morgan fingerprint density at radius 2 is 1.91 bits per heavy atom. The molecule has 0 spiro atoms. The van der Waals surface area contributed by atoms with Crippen LogP contribution in [0.25, 0.3) is 0 Å². The zero-order valence-electron chi connectivity index (χ0n) is 12.8. The van der Waals surface area contributed by atoms with E-state index in [4.69, 9.17) is 9.52 Å². The Bertz CT molecular complexity index is 687. The van der Waals surface area contributed by atoms with Gasteiger partial charge in [0.1, 0.15) is 5.76 Å². The highest BCUT2D eigenvalue weighted by molar-refractivity contribution is 6.05. The van der Waals surface area contributed by atoms with Crippen molar-refractivity contribution in [2.24, 2.45) is 0 Å². The van der Waals surface area contributed by atoms with E-state index in [1.54, 1.807) is 37.3 Å². The maximum Gasteiger partial charge on any atom is 0.310 e. The van der Waals surface area contributed by atoms with Gasteiger partial charge in [-0.15, -0.1) is 0 Å². The smallest absolute Gasteiger partial charge is 0.310 e. The van der Waals surface area contributed by atoms with Gasteiger partial charge < -0.3 is 14.8 Å². The molecule has 1 amide bonds. The first-order valence-electron chi connectivity index (χ1n) is 7.11. The third kappa shape index (κ3) is 3.36. The molecule has 2 N–H and O–H groups in total. The van der Waals surface area contributed by atoms with Crippen molar-refractivity contribution < 1.29 is 19.1 Å². The molecule has 0 saturated carbocycles. The normalized spacial score (nSPS) is 12.2. The first kappa shape index (κ1) is 15.8. The topological polar surface area (TPSA) is 79.5 Å². The van der Waals surface area contributed by atoms with Gasteiger partial charge in [0.15, 0.2) is 0 Å². The molecule has 5 heteroatoms. The fourth-order valence-corrected chi connectivity index (χ4v) is 2.18. The van der Waals surface area contributed by atoms with E-state index in [2.05, 4.69) is 5.32 Å². The summed E-state index contributed by atoms with van der Waals surface area (Å²) >= 11 is 0. The number of carboxylic acid groups (broad SMARTS) is 1. The molecule has 116 valence electrons. The molecule has 0 aliphatic heterocycles. The number of hydrogen-bond acceptors (Lipinski definition) is 3. The van der Waals surface area contributed by atoms with Crippen molar-refractivity contribution >= 4 is 17.6 Å². The van der Waals surface area contributed by atoms with E-state index in [1.165, 1.54) is 6.26 Å². The van der Waals surface area contributed by atoms with Gasteiger partial charge >= 0.3 is 5.97 Å². The van der Waals surface area contributed by atoms with Crippen molar-refractivity contribution in [3.63, 3.8) is 0 Å². The standard InChI is InChI=1S/C17H19NO4/c1-10(2)15-14(7-8-22-15)16(19)18-13-6-4-5-12(9-13)11(3)17(20)21/h4-11H,1-3H3,(H,18,19)(H,20,21). The van der Waals surface area contributed by atoms with Gasteiger partial charge in [-0.3, -0.25) is 9.59 Å². The minimum absolute atomic E-state index is 0.106. The van der Waals surface area contributed by atoms with E-state index in [0.29, 0.717) is 22.6 Å². The fourth-order valence-electron chi connectivity index (χ4n) is 2.18. The lowest BCUT2D eigenvalue weighted by Crippen LogP contribution is -2.14. The average Bonchev–Trinajstić information content (AvgIpc) is 2.96. The molecule has 0 aliphatic carbocycles. The molecule has 0 radical (unpaired) electrons. The number of carboxylic acids is 1. The molecule has 0 saturated heterocycles. The second-order valence-electron chi connectivity index (χ2n) is 5.49. The van der Waals surface area contributed by atoms with Crippen LogP contribution in [0.4, 0.5) is 5.69 Å². The second kappa shape index (κ2) is 6.47. The zero-order valence-corrected chi connectivity index (χ0v) is 12.8. The van der Waals surface area contributed by atoms with Crippen LogP contribution in [-0.2, 0) is 4.79 Å². The van der Waals surface area contributed by atoms with Crippen LogP contribution >= 0.6 is 0 Å². The van der Waals surface area contributed by atoms with Crippen molar-refractivity contribution in [2.45, 2.75) is 32.6 Å². The van der Waals surface area contributed by atoms with Gasteiger partial charge in [0.2, 0.25) is 0 Å². The van der Waals surface area contributed by atoms with Gasteiger partial charge in [-0.25, -0.2) is 0 Å². The highest BCUT2D eigenvalue weighted by Gasteiger charge is 2.18. The number of benzene rings is 1. The van der Waals surface area contributed by atoms with Crippen LogP contribution < -0.4 is 5.32 Å². The SMILES string of the molecule is CC(C)c1occc1C(=O)Nc1cccc(C(C)C(=O)O)c1. The Hall–Kier alpha value is -2.56. The lowest BCUT2D eigenvalue weighted by Gasteiger charge is -2.10. The molecule has 2 rings (SSSR count). The van der Waals surface area contributed by atoms with E-state index >= 15 is 0 Å². The maximum absolute atomic E-state index is 12.3. The summed E-state index contributed by atoms with van der Waals surface area (Å²) in [6, 6.07) is 8.49.